The van der Waals surface area contributed by atoms with E-state index in [4.69, 9.17) is 14.2 Å². The van der Waals surface area contributed by atoms with E-state index in [1.54, 1.807) is 0 Å². The van der Waals surface area contributed by atoms with Gasteiger partial charge in [-0.15, -0.1) is 0 Å². The highest BCUT2D eigenvalue weighted by molar-refractivity contribution is 5.71. The van der Waals surface area contributed by atoms with Crippen molar-refractivity contribution in [2.24, 2.45) is 0 Å². The Labute approximate surface area is 349 Å². The largest absolute Gasteiger partial charge is 0.462 e. The maximum absolute atomic E-state index is 12.6. The van der Waals surface area contributed by atoms with Crippen molar-refractivity contribution in [3.63, 3.8) is 0 Å². The number of ether oxygens (including phenoxy) is 3. The van der Waals surface area contributed by atoms with E-state index >= 15 is 0 Å². The van der Waals surface area contributed by atoms with Gasteiger partial charge in [-0.1, -0.05) is 182 Å². The maximum atomic E-state index is 12.6. The summed E-state index contributed by atoms with van der Waals surface area (Å²) >= 11 is 0. The van der Waals surface area contributed by atoms with Crippen molar-refractivity contribution in [1.82, 2.24) is 0 Å². The molecule has 0 rings (SSSR count). The van der Waals surface area contributed by atoms with Crippen molar-refractivity contribution in [2.45, 2.75) is 181 Å². The van der Waals surface area contributed by atoms with Crippen molar-refractivity contribution in [3.8, 4) is 0 Å². The van der Waals surface area contributed by atoms with Crippen molar-refractivity contribution in [3.05, 3.63) is 109 Å². The van der Waals surface area contributed by atoms with E-state index in [9.17, 15) is 14.4 Å². The first kappa shape index (κ1) is 53.1. The zero-order valence-corrected chi connectivity index (χ0v) is 36.3. The van der Waals surface area contributed by atoms with Crippen molar-refractivity contribution in [1.29, 1.82) is 0 Å². The predicted octanol–water partition coefficient (Wildman–Crippen LogP) is 14.4. The monoisotopic (exact) mass is 789 g/mol. The van der Waals surface area contributed by atoms with Crippen LogP contribution < -0.4 is 0 Å². The molecule has 1 atom stereocenters. The normalized spacial score (nSPS) is 13.1. The molecule has 0 aromatic heterocycles. The van der Waals surface area contributed by atoms with Gasteiger partial charge in [0.05, 0.1) is 0 Å². The number of rotatable bonds is 38. The molecule has 0 heterocycles. The van der Waals surface area contributed by atoms with E-state index in [0.29, 0.717) is 19.3 Å². The van der Waals surface area contributed by atoms with Crippen LogP contribution in [-0.4, -0.2) is 37.2 Å². The standard InChI is InChI=1S/C51H80O6/c1-4-7-10-13-16-19-21-22-23-24-25-26-27-28-30-32-35-38-41-44-50(53)56-47-48(46-55-49(52)43-40-37-34-31-18-15-12-9-6-3)57-51(54)45-42-39-36-33-29-20-17-14-11-8-5-2/h7-8,10-11,16-17,19-20,22-23,25-26,28,30,33,35-36,38,48H,4-6,9,12-15,18,21,24,27,29,31-32,34,37,39-47H2,1-3H3/b10-7-,11-8-,19-16-,20-17-,23-22-,26-25-,30-28-,36-33-,38-35-. The van der Waals surface area contributed by atoms with Crippen LogP contribution in [-0.2, 0) is 28.6 Å². The first-order chi connectivity index (χ1) is 28.0. The Balaban J connectivity index is 4.53. The lowest BCUT2D eigenvalue weighted by molar-refractivity contribution is -0.166. The molecule has 57 heavy (non-hydrogen) atoms. The second kappa shape index (κ2) is 44.8. The zero-order chi connectivity index (χ0) is 41.5. The summed E-state index contributed by atoms with van der Waals surface area (Å²) in [5.74, 6) is -1.08. The molecule has 0 aliphatic heterocycles. The molecule has 0 saturated carbocycles. The van der Waals surface area contributed by atoms with Crippen LogP contribution in [0.5, 0.6) is 0 Å². The average molecular weight is 789 g/mol. The topological polar surface area (TPSA) is 78.9 Å². The van der Waals surface area contributed by atoms with Crippen LogP contribution in [0.15, 0.2) is 109 Å². The van der Waals surface area contributed by atoms with Crippen LogP contribution in [0.1, 0.15) is 175 Å². The molecular weight excluding hydrogens is 709 g/mol. The van der Waals surface area contributed by atoms with Gasteiger partial charge in [0.2, 0.25) is 0 Å². The summed E-state index contributed by atoms with van der Waals surface area (Å²) in [5.41, 5.74) is 0. The van der Waals surface area contributed by atoms with Gasteiger partial charge in [0, 0.05) is 19.3 Å². The maximum Gasteiger partial charge on any atom is 0.306 e. The van der Waals surface area contributed by atoms with Gasteiger partial charge in [-0.05, 0) is 83.5 Å². The van der Waals surface area contributed by atoms with Crippen molar-refractivity contribution >= 4 is 17.9 Å². The number of unbranched alkanes of at least 4 members (excludes halogenated alkanes) is 9. The van der Waals surface area contributed by atoms with Gasteiger partial charge >= 0.3 is 17.9 Å². The first-order valence-electron chi connectivity index (χ1n) is 22.4. The van der Waals surface area contributed by atoms with Gasteiger partial charge in [-0.25, -0.2) is 0 Å². The second-order valence-corrected chi connectivity index (χ2v) is 14.2. The minimum absolute atomic E-state index is 0.123. The molecule has 0 radical (unpaired) electrons. The Kier molecular flexibility index (Phi) is 41.7. The third-order valence-corrected chi connectivity index (χ3v) is 8.79. The number of allylic oxidation sites excluding steroid dienone is 18. The van der Waals surface area contributed by atoms with E-state index in [-0.39, 0.29) is 44.0 Å². The molecule has 0 aliphatic carbocycles. The first-order valence-corrected chi connectivity index (χ1v) is 22.4. The molecule has 0 aromatic rings. The fourth-order valence-electron chi connectivity index (χ4n) is 5.49. The highest BCUT2D eigenvalue weighted by atomic mass is 16.6. The van der Waals surface area contributed by atoms with Gasteiger partial charge in [0.25, 0.3) is 0 Å². The van der Waals surface area contributed by atoms with E-state index in [2.05, 4.69) is 118 Å². The number of hydrogen-bond donors (Lipinski definition) is 0. The van der Waals surface area contributed by atoms with Gasteiger partial charge in [-0.2, -0.15) is 0 Å². The molecule has 6 heteroatoms. The molecule has 0 aliphatic rings. The summed E-state index contributed by atoms with van der Waals surface area (Å²) in [6, 6.07) is 0. The summed E-state index contributed by atoms with van der Waals surface area (Å²) in [6.45, 7) is 6.23. The number of carbonyl (C=O) groups is 3. The van der Waals surface area contributed by atoms with Gasteiger partial charge in [0.1, 0.15) is 13.2 Å². The number of hydrogen-bond acceptors (Lipinski definition) is 6. The molecule has 1 unspecified atom stereocenters. The lowest BCUT2D eigenvalue weighted by Gasteiger charge is -2.18. The SMILES string of the molecule is CC/C=C\C/C=C\C/C=C\C/C=C\C/C=C\C/C=C\CCC(=O)OCC(COC(=O)CCCCCCCCCCC)OC(=O)CCC/C=C\C/C=C\C/C=C\CC. The summed E-state index contributed by atoms with van der Waals surface area (Å²) in [6.07, 6.45) is 59.6. The molecule has 0 fully saturated rings. The summed E-state index contributed by atoms with van der Waals surface area (Å²) < 4.78 is 16.5. The van der Waals surface area contributed by atoms with Crippen LogP contribution in [0, 0.1) is 0 Å². The van der Waals surface area contributed by atoms with Crippen LogP contribution in [0.3, 0.4) is 0 Å². The minimum Gasteiger partial charge on any atom is -0.462 e. The summed E-state index contributed by atoms with van der Waals surface area (Å²) in [4.78, 5) is 37.6. The van der Waals surface area contributed by atoms with Gasteiger partial charge in [0.15, 0.2) is 6.10 Å². The lowest BCUT2D eigenvalue weighted by Crippen LogP contribution is -2.30. The third kappa shape index (κ3) is 43.0. The smallest absolute Gasteiger partial charge is 0.306 e. The Morgan fingerprint density at radius 2 is 0.719 bits per heavy atom. The second-order valence-electron chi connectivity index (χ2n) is 14.2. The quantitative estimate of drug-likeness (QED) is 0.0268. The van der Waals surface area contributed by atoms with E-state index in [1.807, 2.05) is 12.2 Å². The van der Waals surface area contributed by atoms with E-state index in [1.165, 1.54) is 38.5 Å². The summed E-state index contributed by atoms with van der Waals surface area (Å²) in [7, 11) is 0. The van der Waals surface area contributed by atoms with Crippen molar-refractivity contribution < 1.29 is 28.6 Å². The van der Waals surface area contributed by atoms with E-state index in [0.717, 1.165) is 83.5 Å². The Morgan fingerprint density at radius 3 is 1.16 bits per heavy atom. The molecule has 0 bridgehead atoms. The lowest BCUT2D eigenvalue weighted by atomic mass is 10.1. The highest BCUT2D eigenvalue weighted by Gasteiger charge is 2.19. The molecule has 0 saturated heterocycles. The van der Waals surface area contributed by atoms with Crippen molar-refractivity contribution in [2.75, 3.05) is 13.2 Å². The van der Waals surface area contributed by atoms with Crippen LogP contribution in [0.25, 0.3) is 0 Å². The third-order valence-electron chi connectivity index (χ3n) is 8.79. The summed E-state index contributed by atoms with van der Waals surface area (Å²) in [5, 5.41) is 0. The minimum atomic E-state index is -0.832. The molecule has 0 aromatic carbocycles. The Bertz CT molecular complexity index is 1230. The molecule has 0 amide bonds. The predicted molar refractivity (Wildman–Crippen MR) is 242 cm³/mol. The highest BCUT2D eigenvalue weighted by Crippen LogP contribution is 2.12. The molecule has 320 valence electrons. The van der Waals surface area contributed by atoms with Gasteiger partial charge in [-0.3, -0.25) is 14.4 Å². The fraction of sp³-hybridized carbons (Fsp3) is 0.588. The molecule has 0 spiro atoms. The van der Waals surface area contributed by atoms with Crippen LogP contribution in [0.2, 0.25) is 0 Å². The Morgan fingerprint density at radius 1 is 0.368 bits per heavy atom. The van der Waals surface area contributed by atoms with Crippen LogP contribution in [0.4, 0.5) is 0 Å². The van der Waals surface area contributed by atoms with E-state index < -0.39 is 6.10 Å². The molecular formula is C51H80O6. The fourth-order valence-corrected chi connectivity index (χ4v) is 5.49. The molecule has 0 N–H and O–H groups in total. The average Bonchev–Trinajstić information content (AvgIpc) is 3.21. The molecule has 6 nitrogen and oxygen atoms in total. The van der Waals surface area contributed by atoms with Gasteiger partial charge < -0.3 is 14.2 Å². The number of esters is 3. The van der Waals surface area contributed by atoms with Crippen LogP contribution >= 0.6 is 0 Å². The number of carbonyl (C=O) groups excluding carboxylic acids is 3. The zero-order valence-electron chi connectivity index (χ0n) is 36.3. The Hall–Kier alpha value is -3.93.